The van der Waals surface area contributed by atoms with Crippen molar-refractivity contribution in [3.05, 3.63) is 267 Å². The summed E-state index contributed by atoms with van der Waals surface area (Å²) in [4.78, 5) is 2.50. The first-order chi connectivity index (χ1) is 33.8. The van der Waals surface area contributed by atoms with Gasteiger partial charge < -0.3 is 9.47 Å². The highest BCUT2D eigenvalue weighted by molar-refractivity contribution is 6.16. The molecule has 0 atom stereocenters. The quantitative estimate of drug-likeness (QED) is 0.138. The zero-order chi connectivity index (χ0) is 45.0. The van der Waals surface area contributed by atoms with Gasteiger partial charge in [-0.15, -0.1) is 0 Å². The van der Waals surface area contributed by atoms with E-state index in [4.69, 9.17) is 0 Å². The lowest BCUT2D eigenvalue weighted by Crippen LogP contribution is -2.12. The Morgan fingerprint density at radius 2 is 0.809 bits per heavy atom. The molecular formula is C66H44N2. The summed E-state index contributed by atoms with van der Waals surface area (Å²) in [5.41, 5.74) is 16.2. The van der Waals surface area contributed by atoms with Crippen LogP contribution < -0.4 is 4.90 Å². The van der Waals surface area contributed by atoms with Crippen LogP contribution in [-0.4, -0.2) is 4.57 Å². The van der Waals surface area contributed by atoms with Crippen molar-refractivity contribution in [1.82, 2.24) is 4.57 Å². The number of rotatable bonds is 8. The normalized spacial score (nSPS) is 11.5. The number of hydrogen-bond donors (Lipinski definition) is 0. The maximum absolute atomic E-state index is 2.50. The average molecular weight is 865 g/mol. The van der Waals surface area contributed by atoms with Gasteiger partial charge in [0.25, 0.3) is 0 Å². The molecule has 0 aliphatic rings. The Balaban J connectivity index is 1.09. The lowest BCUT2D eigenvalue weighted by Gasteiger charge is -2.31. The van der Waals surface area contributed by atoms with Crippen LogP contribution in [0.15, 0.2) is 267 Å². The summed E-state index contributed by atoms with van der Waals surface area (Å²) in [6, 6.07) is 97.7. The summed E-state index contributed by atoms with van der Waals surface area (Å²) >= 11 is 0. The van der Waals surface area contributed by atoms with Gasteiger partial charge in [-0.3, -0.25) is 0 Å². The van der Waals surface area contributed by atoms with Gasteiger partial charge in [0.1, 0.15) is 0 Å². The van der Waals surface area contributed by atoms with Crippen LogP contribution in [0.5, 0.6) is 0 Å². The minimum atomic E-state index is 1.07. The van der Waals surface area contributed by atoms with Crippen LogP contribution in [0.2, 0.25) is 0 Å². The van der Waals surface area contributed by atoms with E-state index in [1.807, 2.05) is 0 Å². The second-order valence-electron chi connectivity index (χ2n) is 17.6. The van der Waals surface area contributed by atoms with Crippen LogP contribution in [0.1, 0.15) is 0 Å². The Kier molecular flexibility index (Phi) is 9.54. The third-order valence-corrected chi connectivity index (χ3v) is 13.8. The number of benzene rings is 12. The fourth-order valence-electron chi connectivity index (χ4n) is 10.8. The van der Waals surface area contributed by atoms with Gasteiger partial charge in [-0.1, -0.05) is 224 Å². The van der Waals surface area contributed by atoms with E-state index >= 15 is 0 Å². The highest BCUT2D eigenvalue weighted by atomic mass is 15.1. The van der Waals surface area contributed by atoms with E-state index in [1.165, 1.54) is 81.9 Å². The molecule has 2 nitrogen and oxygen atoms in total. The number of fused-ring (bicyclic) bond motifs is 7. The maximum atomic E-state index is 2.50. The third-order valence-electron chi connectivity index (χ3n) is 13.8. The minimum absolute atomic E-state index is 1.07. The molecule has 318 valence electrons. The third kappa shape index (κ3) is 6.49. The monoisotopic (exact) mass is 864 g/mol. The van der Waals surface area contributed by atoms with Crippen LogP contribution in [0.3, 0.4) is 0 Å². The summed E-state index contributed by atoms with van der Waals surface area (Å²) < 4.78 is 2.43. The number of aromatic nitrogens is 1. The van der Waals surface area contributed by atoms with Crippen molar-refractivity contribution in [2.45, 2.75) is 0 Å². The highest BCUT2D eigenvalue weighted by Crippen LogP contribution is 2.49. The standard InChI is InChI=1S/C66H44N2/c1-3-20-45(21-4-1)52-33-16-23-47-24-17-37-60(65(47)52)58-31-10-13-40-63(58)67(62-39-12-9-30-57(62)55-36-19-35-54-51-29-8-7-22-46(51)42-43-56(54)55)50-28-15-25-48(44-50)53-34-18-38-61-59-32-11-14-41-64(59)68(66(53)61)49-26-5-2-6-27-49/h1-44H. The molecule has 2 heteroatoms. The Morgan fingerprint density at radius 1 is 0.279 bits per heavy atom. The van der Waals surface area contributed by atoms with Gasteiger partial charge in [0.2, 0.25) is 0 Å². The lowest BCUT2D eigenvalue weighted by atomic mass is 9.90. The zero-order valence-electron chi connectivity index (χ0n) is 37.3. The van der Waals surface area contributed by atoms with E-state index < -0.39 is 0 Å². The Labute approximate surface area is 395 Å². The van der Waals surface area contributed by atoms with E-state index in [0.29, 0.717) is 0 Å². The van der Waals surface area contributed by atoms with E-state index in [0.717, 1.165) is 39.4 Å². The summed E-state index contributed by atoms with van der Waals surface area (Å²) in [7, 11) is 0. The summed E-state index contributed by atoms with van der Waals surface area (Å²) in [6.45, 7) is 0. The highest BCUT2D eigenvalue weighted by Gasteiger charge is 2.24. The molecule has 0 unspecified atom stereocenters. The summed E-state index contributed by atoms with van der Waals surface area (Å²) in [5.74, 6) is 0. The fourth-order valence-corrected chi connectivity index (χ4v) is 10.8. The van der Waals surface area contributed by atoms with Gasteiger partial charge in [0, 0.05) is 38.8 Å². The van der Waals surface area contributed by atoms with Crippen molar-refractivity contribution >= 4 is 71.2 Å². The van der Waals surface area contributed by atoms with Gasteiger partial charge >= 0.3 is 0 Å². The van der Waals surface area contributed by atoms with Crippen LogP contribution in [-0.2, 0) is 0 Å². The number of nitrogens with zero attached hydrogens (tertiary/aromatic N) is 2. The first-order valence-corrected chi connectivity index (χ1v) is 23.4. The van der Waals surface area contributed by atoms with Gasteiger partial charge in [-0.05, 0) is 103 Å². The van der Waals surface area contributed by atoms with E-state index in [-0.39, 0.29) is 0 Å². The molecule has 0 saturated heterocycles. The number of anilines is 3. The first-order valence-electron chi connectivity index (χ1n) is 23.4. The second kappa shape index (κ2) is 16.5. The molecule has 12 aromatic carbocycles. The molecule has 0 radical (unpaired) electrons. The topological polar surface area (TPSA) is 8.17 Å². The molecule has 0 N–H and O–H groups in total. The molecule has 0 fully saturated rings. The van der Waals surface area contributed by atoms with Crippen LogP contribution >= 0.6 is 0 Å². The zero-order valence-corrected chi connectivity index (χ0v) is 37.3. The van der Waals surface area contributed by atoms with Gasteiger partial charge in [-0.25, -0.2) is 0 Å². The molecule has 68 heavy (non-hydrogen) atoms. The molecule has 1 heterocycles. The molecule has 1 aromatic heterocycles. The SMILES string of the molecule is c1ccc(-c2cccc3cccc(-c4ccccc4N(c4cccc(-c5cccc6c7ccccc7n(-c7ccccc7)c56)c4)c4ccccc4-c4cccc5c4ccc4ccccc45)c23)cc1. The van der Waals surface area contributed by atoms with Crippen LogP contribution in [0, 0.1) is 0 Å². The van der Waals surface area contributed by atoms with Crippen molar-refractivity contribution < 1.29 is 0 Å². The Hall–Kier alpha value is -8.98. The van der Waals surface area contributed by atoms with Crippen molar-refractivity contribution in [2.75, 3.05) is 4.90 Å². The smallest absolute Gasteiger partial charge is 0.0619 e. The molecule has 13 aromatic rings. The summed E-state index contributed by atoms with van der Waals surface area (Å²) in [6.07, 6.45) is 0. The lowest BCUT2D eigenvalue weighted by molar-refractivity contribution is 1.18. The van der Waals surface area contributed by atoms with Crippen molar-refractivity contribution in [3.8, 4) is 50.2 Å². The molecule has 0 aliphatic carbocycles. The first kappa shape index (κ1) is 39.4. The predicted molar refractivity (Wildman–Crippen MR) is 290 cm³/mol. The van der Waals surface area contributed by atoms with Crippen molar-refractivity contribution in [1.29, 1.82) is 0 Å². The van der Waals surface area contributed by atoms with Gasteiger partial charge in [-0.2, -0.15) is 0 Å². The Bertz CT molecular complexity index is 4030. The average Bonchev–Trinajstić information content (AvgIpc) is 3.76. The maximum Gasteiger partial charge on any atom is 0.0619 e. The van der Waals surface area contributed by atoms with Gasteiger partial charge in [0.05, 0.1) is 22.4 Å². The molecule has 0 spiro atoms. The van der Waals surface area contributed by atoms with Crippen molar-refractivity contribution in [3.63, 3.8) is 0 Å². The predicted octanol–water partition coefficient (Wildman–Crippen LogP) is 18.4. The number of para-hydroxylation sites is 5. The van der Waals surface area contributed by atoms with Crippen LogP contribution in [0.4, 0.5) is 17.1 Å². The molecule has 13 rings (SSSR count). The molecule has 0 saturated carbocycles. The molecule has 0 aliphatic heterocycles. The number of hydrogen-bond acceptors (Lipinski definition) is 1. The largest absolute Gasteiger partial charge is 0.309 e. The molecule has 0 amide bonds. The van der Waals surface area contributed by atoms with E-state index in [9.17, 15) is 0 Å². The van der Waals surface area contributed by atoms with E-state index in [1.54, 1.807) is 0 Å². The summed E-state index contributed by atoms with van der Waals surface area (Å²) in [5, 5.41) is 9.87. The molecule has 0 bridgehead atoms. The molecular weight excluding hydrogens is 821 g/mol. The fraction of sp³-hybridized carbons (Fsp3) is 0. The minimum Gasteiger partial charge on any atom is -0.309 e. The second-order valence-corrected chi connectivity index (χ2v) is 17.6. The van der Waals surface area contributed by atoms with Gasteiger partial charge in [0.15, 0.2) is 0 Å². The van der Waals surface area contributed by atoms with Crippen molar-refractivity contribution in [2.24, 2.45) is 0 Å². The van der Waals surface area contributed by atoms with Crippen LogP contribution in [0.25, 0.3) is 104 Å². The Morgan fingerprint density at radius 3 is 1.60 bits per heavy atom. The van der Waals surface area contributed by atoms with E-state index in [2.05, 4.69) is 276 Å².